The van der Waals surface area contributed by atoms with Crippen molar-refractivity contribution in [1.82, 2.24) is 25.8 Å². The van der Waals surface area contributed by atoms with Gasteiger partial charge in [0, 0.05) is 50.6 Å². The second-order valence-electron chi connectivity index (χ2n) is 14.6. The first-order valence-electron chi connectivity index (χ1n) is 18.4. The fourth-order valence-corrected chi connectivity index (χ4v) is 6.29. The maximum absolute atomic E-state index is 13.4. The number of amides is 8. The zero-order chi connectivity index (χ0) is 38.4. The Balaban J connectivity index is 1.51. The molecule has 288 valence electrons. The van der Waals surface area contributed by atoms with E-state index in [1.807, 2.05) is 0 Å². The number of nitrogens with two attached hydrogens (primary N) is 1. The number of urea groups is 1. The molecule has 0 aromatic heterocycles. The summed E-state index contributed by atoms with van der Waals surface area (Å²) < 4.78 is 5.50. The number of imide groups is 1. The highest BCUT2D eigenvalue weighted by Crippen LogP contribution is 2.24. The van der Waals surface area contributed by atoms with Gasteiger partial charge in [-0.25, -0.2) is 9.59 Å². The Bertz CT molecular complexity index is 1420. The van der Waals surface area contributed by atoms with Crippen molar-refractivity contribution in [3.05, 3.63) is 29.8 Å². The molecule has 0 aliphatic carbocycles. The normalized spacial score (nSPS) is 18.4. The summed E-state index contributed by atoms with van der Waals surface area (Å²) in [6.45, 7) is 11.6. The number of anilines is 1. The van der Waals surface area contributed by atoms with Gasteiger partial charge in [-0.05, 0) is 67.6 Å². The lowest BCUT2D eigenvalue weighted by molar-refractivity contribution is -0.139. The first kappa shape index (κ1) is 41.7. The molecule has 3 rings (SSSR count). The number of carbonyl (C=O) groups is 7. The van der Waals surface area contributed by atoms with Crippen LogP contribution < -0.4 is 27.0 Å². The molecule has 0 bridgehead atoms. The Morgan fingerprint density at radius 3 is 2.25 bits per heavy atom. The average molecular weight is 728 g/mol. The number of benzene rings is 1. The van der Waals surface area contributed by atoms with Crippen LogP contribution in [0.3, 0.4) is 0 Å². The van der Waals surface area contributed by atoms with Crippen molar-refractivity contribution in [1.29, 1.82) is 0 Å². The van der Waals surface area contributed by atoms with Gasteiger partial charge in [0.2, 0.25) is 29.5 Å². The molecule has 2 aliphatic heterocycles. The molecule has 2 saturated heterocycles. The van der Waals surface area contributed by atoms with Gasteiger partial charge in [-0.15, -0.1) is 0 Å². The average Bonchev–Trinajstić information content (AvgIpc) is 3.68. The second-order valence-corrected chi connectivity index (χ2v) is 14.6. The molecule has 6 N–H and O–H groups in total. The van der Waals surface area contributed by atoms with Gasteiger partial charge in [-0.3, -0.25) is 28.9 Å². The van der Waals surface area contributed by atoms with Crippen LogP contribution in [-0.2, 0) is 35.3 Å². The van der Waals surface area contributed by atoms with Gasteiger partial charge in [0.15, 0.2) is 0 Å². The molecule has 1 aromatic carbocycles. The minimum Gasteiger partial charge on any atom is -0.445 e. The Morgan fingerprint density at radius 2 is 1.65 bits per heavy atom. The largest absolute Gasteiger partial charge is 0.445 e. The molecule has 2 unspecified atom stereocenters. The molecule has 52 heavy (non-hydrogen) atoms. The minimum atomic E-state index is -0.991. The smallest absolute Gasteiger partial charge is 0.410 e. The van der Waals surface area contributed by atoms with Crippen LogP contribution in [-0.4, -0.2) is 89.7 Å². The first-order valence-corrected chi connectivity index (χ1v) is 18.4. The molecule has 0 saturated carbocycles. The van der Waals surface area contributed by atoms with E-state index in [1.165, 1.54) is 4.90 Å². The monoisotopic (exact) mass is 727 g/mol. The van der Waals surface area contributed by atoms with E-state index in [0.29, 0.717) is 62.8 Å². The molecule has 1 aromatic rings. The van der Waals surface area contributed by atoms with Crippen molar-refractivity contribution < 1.29 is 38.3 Å². The number of primary amides is 1. The molecule has 2 heterocycles. The molecule has 15 nitrogen and oxygen atoms in total. The van der Waals surface area contributed by atoms with Gasteiger partial charge in [0.25, 0.3) is 0 Å². The third-order valence-corrected chi connectivity index (χ3v) is 9.63. The third-order valence-electron chi connectivity index (χ3n) is 9.63. The molecule has 8 amide bonds. The predicted molar refractivity (Wildman–Crippen MR) is 194 cm³/mol. The number of nitrogens with zero attached hydrogens (tertiary/aromatic N) is 2. The number of ether oxygens (including phenoxy) is 1. The maximum Gasteiger partial charge on any atom is 0.410 e. The van der Waals surface area contributed by atoms with E-state index in [0.717, 1.165) is 12.0 Å². The van der Waals surface area contributed by atoms with Crippen LogP contribution in [0.1, 0.15) is 91.5 Å². The van der Waals surface area contributed by atoms with Crippen molar-refractivity contribution in [2.24, 2.45) is 29.4 Å². The molecule has 15 heteroatoms. The van der Waals surface area contributed by atoms with Crippen LogP contribution in [0.25, 0.3) is 0 Å². The lowest BCUT2D eigenvalue weighted by Gasteiger charge is -2.25. The highest BCUT2D eigenvalue weighted by atomic mass is 16.6. The zero-order valence-electron chi connectivity index (χ0n) is 31.2. The summed E-state index contributed by atoms with van der Waals surface area (Å²) in [5.74, 6) is -1.27. The van der Waals surface area contributed by atoms with Crippen molar-refractivity contribution in [2.75, 3.05) is 31.5 Å². The Morgan fingerprint density at radius 1 is 0.942 bits per heavy atom. The van der Waals surface area contributed by atoms with Gasteiger partial charge < -0.3 is 36.6 Å². The maximum atomic E-state index is 13.4. The van der Waals surface area contributed by atoms with E-state index in [4.69, 9.17) is 10.5 Å². The van der Waals surface area contributed by atoms with E-state index < -0.39 is 29.9 Å². The van der Waals surface area contributed by atoms with E-state index in [2.05, 4.69) is 35.1 Å². The predicted octanol–water partition coefficient (Wildman–Crippen LogP) is 3.27. The topological polar surface area (TPSA) is 209 Å². The summed E-state index contributed by atoms with van der Waals surface area (Å²) >= 11 is 0. The lowest BCUT2D eigenvalue weighted by atomic mass is 9.95. The summed E-state index contributed by atoms with van der Waals surface area (Å²) in [7, 11) is 0. The van der Waals surface area contributed by atoms with Gasteiger partial charge >= 0.3 is 12.1 Å². The van der Waals surface area contributed by atoms with Crippen molar-refractivity contribution in [3.63, 3.8) is 0 Å². The standard InChI is InChI=1S/C37H57N7O8/c1-23(2)27-16-19-43(21-27)37(51)52-22-26-12-14-28(15-13-26)40-33(47)29(10-9-17-39-36(38)50)41-34(48)32(24(3)4)42-30(45)11-7-6-8-18-44-31(46)20-25(5)35(44)49/h12-15,23-25,27,29,32H,6-11,16-22H2,1-5H3,(H,40,47)(H,41,48)(H,42,45)(H3,38,39,50)/t25?,27?,29-,32-/m0/s1. The number of rotatable bonds is 19. The fraction of sp³-hybridized carbons (Fsp3) is 0.649. The van der Waals surface area contributed by atoms with Gasteiger partial charge in [-0.2, -0.15) is 0 Å². The highest BCUT2D eigenvalue weighted by Gasteiger charge is 2.35. The van der Waals surface area contributed by atoms with Crippen molar-refractivity contribution >= 4 is 47.3 Å². The summed E-state index contributed by atoms with van der Waals surface area (Å²) in [5.41, 5.74) is 6.38. The molecule has 2 aliphatic rings. The van der Waals surface area contributed by atoms with Gasteiger partial charge in [-0.1, -0.05) is 53.2 Å². The highest BCUT2D eigenvalue weighted by molar-refractivity contribution is 6.03. The number of unbranched alkanes of at least 4 members (excludes halogenated alkanes) is 2. The molecule has 0 spiro atoms. The van der Waals surface area contributed by atoms with Crippen LogP contribution in [0, 0.1) is 23.7 Å². The minimum absolute atomic E-state index is 0.0870. The summed E-state index contributed by atoms with van der Waals surface area (Å²) in [6.07, 6.45) is 3.26. The molecule has 4 atom stereocenters. The first-order chi connectivity index (χ1) is 24.7. The van der Waals surface area contributed by atoms with E-state index in [-0.39, 0.29) is 68.1 Å². The lowest BCUT2D eigenvalue weighted by Crippen LogP contribution is -2.54. The Kier molecular flexibility index (Phi) is 16.4. The van der Waals surface area contributed by atoms with Crippen molar-refractivity contribution in [2.45, 2.75) is 105 Å². The van der Waals surface area contributed by atoms with Crippen LogP contribution in [0.15, 0.2) is 24.3 Å². The van der Waals surface area contributed by atoms with Crippen LogP contribution in [0.5, 0.6) is 0 Å². The van der Waals surface area contributed by atoms with Crippen LogP contribution >= 0.6 is 0 Å². The second kappa shape index (κ2) is 20.4. The van der Waals surface area contributed by atoms with Gasteiger partial charge in [0.05, 0.1) is 0 Å². The quantitative estimate of drug-likeness (QED) is 0.105. The molecule has 2 fully saturated rings. The summed E-state index contributed by atoms with van der Waals surface area (Å²) in [5, 5.41) is 10.8. The SMILES string of the molecule is CC1CC(=O)N(CCCCCC(=O)N[C@H](C(=O)N[C@@H](CCCNC(N)=O)C(=O)Nc2ccc(COC(=O)N3CCC(C(C)C)C3)cc2)C(C)C)C1=O. The molecule has 0 radical (unpaired) electrons. The van der Waals surface area contributed by atoms with E-state index in [1.54, 1.807) is 49.9 Å². The number of likely N-dealkylation sites (tertiary alicyclic amines) is 2. The van der Waals surface area contributed by atoms with E-state index in [9.17, 15) is 33.6 Å². The third kappa shape index (κ3) is 13.1. The van der Waals surface area contributed by atoms with E-state index >= 15 is 0 Å². The van der Waals surface area contributed by atoms with Crippen LogP contribution in [0.2, 0.25) is 0 Å². The Labute approximate surface area is 306 Å². The molecular weight excluding hydrogens is 670 g/mol. The fourth-order valence-electron chi connectivity index (χ4n) is 6.29. The summed E-state index contributed by atoms with van der Waals surface area (Å²) in [6, 6.07) is 4.23. The molecular formula is C37H57N7O8. The van der Waals surface area contributed by atoms with Crippen molar-refractivity contribution in [3.8, 4) is 0 Å². The van der Waals surface area contributed by atoms with Crippen LogP contribution in [0.4, 0.5) is 15.3 Å². The zero-order valence-corrected chi connectivity index (χ0v) is 31.2. The van der Waals surface area contributed by atoms with Gasteiger partial charge in [0.1, 0.15) is 18.7 Å². The Hall–Kier alpha value is -4.69. The number of hydrogen-bond donors (Lipinski definition) is 5. The number of hydrogen-bond acceptors (Lipinski definition) is 8. The summed E-state index contributed by atoms with van der Waals surface area (Å²) in [4.78, 5) is 90.5. The number of nitrogens with one attached hydrogen (secondary N) is 4. The number of carbonyl (C=O) groups excluding carboxylic acids is 7.